The second kappa shape index (κ2) is 9.53. The number of piperidine rings is 1. The van der Waals surface area contributed by atoms with Crippen LogP contribution in [0.4, 0.5) is 0 Å². The molecule has 4 nitrogen and oxygen atoms in total. The van der Waals surface area contributed by atoms with E-state index in [1.807, 2.05) is 6.92 Å². The topological polar surface area (TPSA) is 54.0 Å². The number of thiazole rings is 1. The molecule has 1 fully saturated rings. The second-order valence-electron chi connectivity index (χ2n) is 4.52. The van der Waals surface area contributed by atoms with E-state index in [0.29, 0.717) is 5.92 Å². The highest BCUT2D eigenvalue weighted by molar-refractivity contribution is 7.11. The SMILES string of the molecule is Cc1ncsc1C(=O)NCCC1CCCNC1.Cl.Cl. The fourth-order valence-corrected chi connectivity index (χ4v) is 2.88. The smallest absolute Gasteiger partial charge is 0.263 e. The largest absolute Gasteiger partial charge is 0.351 e. The Morgan fingerprint density at radius 2 is 2.37 bits per heavy atom. The van der Waals surface area contributed by atoms with E-state index >= 15 is 0 Å². The molecular weight excluding hydrogens is 305 g/mol. The fraction of sp³-hybridized carbons (Fsp3) is 0.667. The van der Waals surface area contributed by atoms with Gasteiger partial charge in [-0.1, -0.05) is 0 Å². The monoisotopic (exact) mass is 325 g/mol. The van der Waals surface area contributed by atoms with Gasteiger partial charge in [0.15, 0.2) is 0 Å². The summed E-state index contributed by atoms with van der Waals surface area (Å²) in [5, 5.41) is 6.37. The van der Waals surface area contributed by atoms with Crippen LogP contribution in [0.3, 0.4) is 0 Å². The van der Waals surface area contributed by atoms with Crippen LogP contribution >= 0.6 is 36.2 Å². The van der Waals surface area contributed by atoms with Crippen molar-refractivity contribution in [1.29, 1.82) is 0 Å². The number of amides is 1. The Balaban J connectivity index is 0.00000162. The Kier molecular flexibility index (Phi) is 9.35. The van der Waals surface area contributed by atoms with Crippen LogP contribution in [0, 0.1) is 12.8 Å². The molecule has 2 heterocycles. The molecule has 0 aromatic carbocycles. The molecule has 0 spiro atoms. The lowest BCUT2D eigenvalue weighted by Crippen LogP contribution is -2.33. The highest BCUT2D eigenvalue weighted by Gasteiger charge is 2.14. The van der Waals surface area contributed by atoms with Crippen molar-refractivity contribution >= 4 is 42.1 Å². The van der Waals surface area contributed by atoms with Gasteiger partial charge in [-0.2, -0.15) is 0 Å². The standard InChI is InChI=1S/C12H19N3OS.2ClH/c1-9-11(17-8-15-9)12(16)14-6-4-10-3-2-5-13-7-10;;/h8,10,13H,2-7H2,1H3,(H,14,16);2*1H. The van der Waals surface area contributed by atoms with E-state index in [0.717, 1.165) is 36.6 Å². The first-order chi connectivity index (χ1) is 8.27. The molecule has 0 aliphatic carbocycles. The maximum absolute atomic E-state index is 11.8. The first-order valence-corrected chi connectivity index (χ1v) is 7.04. The molecule has 1 saturated heterocycles. The summed E-state index contributed by atoms with van der Waals surface area (Å²) < 4.78 is 0. The Morgan fingerprint density at radius 3 is 2.95 bits per heavy atom. The van der Waals surface area contributed by atoms with Crippen LogP contribution in [-0.2, 0) is 0 Å². The number of carbonyl (C=O) groups is 1. The van der Waals surface area contributed by atoms with Gasteiger partial charge in [-0.15, -0.1) is 36.2 Å². The molecule has 2 N–H and O–H groups in total. The van der Waals surface area contributed by atoms with Crippen molar-refractivity contribution in [2.45, 2.75) is 26.2 Å². The van der Waals surface area contributed by atoms with Crippen LogP contribution < -0.4 is 10.6 Å². The molecule has 1 aliphatic rings. The van der Waals surface area contributed by atoms with Crippen LogP contribution in [0.15, 0.2) is 5.51 Å². The molecule has 1 aliphatic heterocycles. The van der Waals surface area contributed by atoms with Crippen molar-refractivity contribution in [1.82, 2.24) is 15.6 Å². The van der Waals surface area contributed by atoms with Crippen molar-refractivity contribution in [2.75, 3.05) is 19.6 Å². The van der Waals surface area contributed by atoms with Crippen LogP contribution in [0.1, 0.15) is 34.6 Å². The van der Waals surface area contributed by atoms with Gasteiger partial charge in [-0.05, 0) is 45.2 Å². The molecule has 1 unspecified atom stereocenters. The van der Waals surface area contributed by atoms with Crippen molar-refractivity contribution in [2.24, 2.45) is 5.92 Å². The number of nitrogens with one attached hydrogen (secondary N) is 2. The van der Waals surface area contributed by atoms with E-state index < -0.39 is 0 Å². The lowest BCUT2D eigenvalue weighted by Gasteiger charge is -2.22. The number of hydrogen-bond acceptors (Lipinski definition) is 4. The summed E-state index contributed by atoms with van der Waals surface area (Å²) in [5.74, 6) is 0.736. The zero-order chi connectivity index (χ0) is 12.1. The van der Waals surface area contributed by atoms with Crippen LogP contribution in [-0.4, -0.2) is 30.5 Å². The van der Waals surface area contributed by atoms with Gasteiger partial charge in [0.2, 0.25) is 0 Å². The number of rotatable bonds is 4. The van der Waals surface area contributed by atoms with E-state index in [2.05, 4.69) is 15.6 Å². The van der Waals surface area contributed by atoms with Gasteiger partial charge in [-0.25, -0.2) is 4.98 Å². The first kappa shape index (κ1) is 18.6. The molecule has 1 atom stereocenters. The number of hydrogen-bond donors (Lipinski definition) is 2. The van der Waals surface area contributed by atoms with Crippen LogP contribution in [0.5, 0.6) is 0 Å². The van der Waals surface area contributed by atoms with Gasteiger partial charge in [0, 0.05) is 6.54 Å². The number of nitrogens with zero attached hydrogens (tertiary/aromatic N) is 1. The zero-order valence-electron chi connectivity index (χ0n) is 11.0. The number of aromatic nitrogens is 1. The van der Waals surface area contributed by atoms with Gasteiger partial charge in [-0.3, -0.25) is 4.79 Å². The summed E-state index contributed by atoms with van der Waals surface area (Å²) in [7, 11) is 0. The van der Waals surface area contributed by atoms with Gasteiger partial charge in [0.1, 0.15) is 4.88 Å². The van der Waals surface area contributed by atoms with Crippen molar-refractivity contribution in [3.05, 3.63) is 16.1 Å². The molecule has 1 amide bonds. The fourth-order valence-electron chi connectivity index (χ4n) is 2.16. The third-order valence-electron chi connectivity index (χ3n) is 3.19. The Bertz CT molecular complexity index is 381. The average molecular weight is 326 g/mol. The lowest BCUT2D eigenvalue weighted by atomic mass is 9.96. The zero-order valence-corrected chi connectivity index (χ0v) is 13.4. The Morgan fingerprint density at radius 1 is 1.58 bits per heavy atom. The summed E-state index contributed by atoms with van der Waals surface area (Å²) in [5.41, 5.74) is 2.54. The number of halogens is 2. The molecule has 0 radical (unpaired) electrons. The number of aryl methyl sites for hydroxylation is 1. The van der Waals surface area contributed by atoms with E-state index in [4.69, 9.17) is 0 Å². The molecule has 0 saturated carbocycles. The van der Waals surface area contributed by atoms with Crippen LogP contribution in [0.25, 0.3) is 0 Å². The second-order valence-corrected chi connectivity index (χ2v) is 5.38. The van der Waals surface area contributed by atoms with Crippen molar-refractivity contribution < 1.29 is 4.79 Å². The van der Waals surface area contributed by atoms with Gasteiger partial charge in [0.25, 0.3) is 5.91 Å². The van der Waals surface area contributed by atoms with E-state index in [9.17, 15) is 4.79 Å². The quantitative estimate of drug-likeness (QED) is 0.893. The van der Waals surface area contributed by atoms with Crippen molar-refractivity contribution in [3.8, 4) is 0 Å². The van der Waals surface area contributed by atoms with Crippen molar-refractivity contribution in [3.63, 3.8) is 0 Å². The van der Waals surface area contributed by atoms with E-state index in [-0.39, 0.29) is 30.7 Å². The minimum atomic E-state index is 0. The van der Waals surface area contributed by atoms with Gasteiger partial charge in [0.05, 0.1) is 11.2 Å². The third-order valence-corrected chi connectivity index (χ3v) is 4.12. The molecule has 7 heteroatoms. The number of carbonyl (C=O) groups excluding carboxylic acids is 1. The normalized spacial score (nSPS) is 18.1. The summed E-state index contributed by atoms with van der Waals surface area (Å²) >= 11 is 1.41. The minimum Gasteiger partial charge on any atom is -0.351 e. The summed E-state index contributed by atoms with van der Waals surface area (Å²) in [6.45, 7) is 4.87. The molecule has 110 valence electrons. The predicted molar refractivity (Wildman–Crippen MR) is 83.9 cm³/mol. The summed E-state index contributed by atoms with van der Waals surface area (Å²) in [6.07, 6.45) is 3.60. The molecule has 0 bridgehead atoms. The average Bonchev–Trinajstić information content (AvgIpc) is 2.77. The molecule has 19 heavy (non-hydrogen) atoms. The lowest BCUT2D eigenvalue weighted by molar-refractivity contribution is 0.0954. The maximum Gasteiger partial charge on any atom is 0.263 e. The third kappa shape index (κ3) is 5.65. The Hall–Kier alpha value is -0.360. The Labute approximate surface area is 130 Å². The van der Waals surface area contributed by atoms with Gasteiger partial charge < -0.3 is 10.6 Å². The molecule has 1 aromatic heterocycles. The highest BCUT2D eigenvalue weighted by Crippen LogP contribution is 2.14. The summed E-state index contributed by atoms with van der Waals surface area (Å²) in [4.78, 5) is 16.6. The highest BCUT2D eigenvalue weighted by atomic mass is 35.5. The maximum atomic E-state index is 11.8. The molecule has 2 rings (SSSR count). The minimum absolute atomic E-state index is 0. The first-order valence-electron chi connectivity index (χ1n) is 6.16. The van der Waals surface area contributed by atoms with E-state index in [1.165, 1.54) is 24.2 Å². The van der Waals surface area contributed by atoms with E-state index in [1.54, 1.807) is 5.51 Å². The molecular formula is C12H21Cl2N3OS. The predicted octanol–water partition coefficient (Wildman–Crippen LogP) is 2.41. The van der Waals surface area contributed by atoms with Crippen LogP contribution in [0.2, 0.25) is 0 Å². The summed E-state index contributed by atoms with van der Waals surface area (Å²) in [6, 6.07) is 0. The molecule has 1 aromatic rings. The van der Waals surface area contributed by atoms with Gasteiger partial charge >= 0.3 is 0 Å².